The number of phosphoric acid groups is 1. The Hall–Kier alpha value is -1.02. The summed E-state index contributed by atoms with van der Waals surface area (Å²) >= 11 is 0. The van der Waals surface area contributed by atoms with Crippen LogP contribution in [0.1, 0.15) is 181 Å². The maximum Gasteiger partial charge on any atom is 0.472 e. The molecule has 3 atom stereocenters. The normalized spacial score (nSPS) is 14.8. The monoisotopic (exact) mass is 730 g/mol. The first-order valence-electron chi connectivity index (χ1n) is 20.7. The van der Waals surface area contributed by atoms with Gasteiger partial charge in [-0.3, -0.25) is 13.8 Å². The Labute approximate surface area is 309 Å². The van der Waals surface area contributed by atoms with E-state index in [1.807, 2.05) is 27.2 Å². The van der Waals surface area contributed by atoms with Gasteiger partial charge in [0.1, 0.15) is 13.2 Å². The zero-order chi connectivity index (χ0) is 37.2. The number of allylic oxidation sites excluding steroid dienone is 3. The molecule has 0 rings (SSSR count). The fourth-order valence-electron chi connectivity index (χ4n) is 5.80. The van der Waals surface area contributed by atoms with Gasteiger partial charge in [0.15, 0.2) is 0 Å². The van der Waals surface area contributed by atoms with E-state index in [1.165, 1.54) is 109 Å². The fraction of sp³-hybridized carbons (Fsp3) is 0.878. The van der Waals surface area contributed by atoms with Crippen molar-refractivity contribution in [1.82, 2.24) is 5.32 Å². The van der Waals surface area contributed by atoms with Crippen molar-refractivity contribution in [2.75, 3.05) is 40.9 Å². The summed E-state index contributed by atoms with van der Waals surface area (Å²) in [7, 11) is 1.57. The molecule has 0 fully saturated rings. The smallest absolute Gasteiger partial charge is 0.387 e. The molecular weight excluding hydrogens is 647 g/mol. The van der Waals surface area contributed by atoms with E-state index in [9.17, 15) is 19.4 Å². The Balaban J connectivity index is 4.50. The number of quaternary nitrogens is 1. The molecule has 0 radical (unpaired) electrons. The predicted octanol–water partition coefficient (Wildman–Crippen LogP) is 11.0. The van der Waals surface area contributed by atoms with Crippen molar-refractivity contribution in [1.29, 1.82) is 0 Å². The molecule has 0 heterocycles. The molecule has 1 unspecified atom stereocenters. The summed E-state index contributed by atoms with van der Waals surface area (Å²) in [6, 6.07) is -0.846. The van der Waals surface area contributed by atoms with E-state index in [4.69, 9.17) is 9.05 Å². The van der Waals surface area contributed by atoms with Gasteiger partial charge in [-0.15, -0.1) is 0 Å². The summed E-state index contributed by atoms with van der Waals surface area (Å²) in [5.74, 6) is -0.188. The number of hydrogen-bond donors (Lipinski definition) is 3. The van der Waals surface area contributed by atoms with Crippen molar-refractivity contribution in [3.05, 3.63) is 24.3 Å². The predicted molar refractivity (Wildman–Crippen MR) is 212 cm³/mol. The number of likely N-dealkylation sites (N-methyl/N-ethyl adjacent to an activating group) is 1. The molecule has 8 nitrogen and oxygen atoms in total. The third-order valence-corrected chi connectivity index (χ3v) is 10.1. The van der Waals surface area contributed by atoms with Gasteiger partial charge in [0.2, 0.25) is 5.91 Å². The lowest BCUT2D eigenvalue weighted by Crippen LogP contribution is -2.45. The van der Waals surface area contributed by atoms with E-state index in [0.717, 1.165) is 51.4 Å². The number of phosphoric ester groups is 1. The van der Waals surface area contributed by atoms with Crippen molar-refractivity contribution in [2.24, 2.45) is 0 Å². The van der Waals surface area contributed by atoms with Crippen LogP contribution in [0.2, 0.25) is 0 Å². The Bertz CT molecular complexity index is 876. The average Bonchev–Trinajstić information content (AvgIpc) is 3.06. The molecule has 0 saturated carbocycles. The number of unbranched alkanes of at least 4 members (excludes halogenated alkanes) is 22. The van der Waals surface area contributed by atoms with Crippen LogP contribution in [0.15, 0.2) is 24.3 Å². The number of rotatable bonds is 37. The first-order valence-corrected chi connectivity index (χ1v) is 22.2. The standard InChI is InChI=1S/C41H81N2O6P/c1-6-8-10-12-14-16-18-20-21-23-24-26-28-30-32-34-40(44)39(38-49-50(46,47)48-37-36-43(3,4)5)42-41(45)35-33-31-29-27-25-22-19-17-15-13-11-9-7-2/h17,19,32,34,39-40,44H,6-16,18,20-31,33,35-38H2,1-5H3,(H-,42,45,46,47)/p+1/b19-17+,34-32+/t39-,40+/m0/s1. The van der Waals surface area contributed by atoms with Crippen LogP contribution < -0.4 is 5.32 Å². The Morgan fingerprint density at radius 2 is 1.08 bits per heavy atom. The number of carbonyl (C=O) groups excluding carboxylic acids is 1. The molecule has 3 N–H and O–H groups in total. The molecule has 0 aromatic rings. The second-order valence-electron chi connectivity index (χ2n) is 15.4. The number of amides is 1. The van der Waals surface area contributed by atoms with Crippen LogP contribution in [0.25, 0.3) is 0 Å². The van der Waals surface area contributed by atoms with E-state index in [2.05, 4.69) is 31.3 Å². The molecule has 0 aliphatic rings. The van der Waals surface area contributed by atoms with Gasteiger partial charge in [-0.25, -0.2) is 4.57 Å². The molecule has 0 spiro atoms. The first kappa shape index (κ1) is 49.0. The van der Waals surface area contributed by atoms with E-state index < -0.39 is 20.0 Å². The molecule has 0 saturated heterocycles. The Morgan fingerprint density at radius 1 is 0.660 bits per heavy atom. The lowest BCUT2D eigenvalue weighted by Gasteiger charge is -2.25. The lowest BCUT2D eigenvalue weighted by atomic mass is 10.0. The summed E-state index contributed by atoms with van der Waals surface area (Å²) < 4.78 is 23.5. The summed E-state index contributed by atoms with van der Waals surface area (Å²) in [4.78, 5) is 23.0. The summed E-state index contributed by atoms with van der Waals surface area (Å²) in [5.41, 5.74) is 0. The minimum Gasteiger partial charge on any atom is -0.387 e. The van der Waals surface area contributed by atoms with Crippen molar-refractivity contribution in [3.63, 3.8) is 0 Å². The number of aliphatic hydroxyl groups is 1. The molecule has 50 heavy (non-hydrogen) atoms. The molecule has 9 heteroatoms. The van der Waals surface area contributed by atoms with Crippen molar-refractivity contribution < 1.29 is 32.9 Å². The van der Waals surface area contributed by atoms with Gasteiger partial charge >= 0.3 is 7.82 Å². The second kappa shape index (κ2) is 33.8. The third-order valence-electron chi connectivity index (χ3n) is 9.17. The quantitative estimate of drug-likeness (QED) is 0.0254. The van der Waals surface area contributed by atoms with Crippen LogP contribution in [0.5, 0.6) is 0 Å². The molecule has 0 aliphatic heterocycles. The Morgan fingerprint density at radius 3 is 1.56 bits per heavy atom. The highest BCUT2D eigenvalue weighted by molar-refractivity contribution is 7.47. The number of hydrogen-bond acceptors (Lipinski definition) is 5. The van der Waals surface area contributed by atoms with Crippen LogP contribution in [0, 0.1) is 0 Å². The van der Waals surface area contributed by atoms with Crippen LogP contribution in [-0.4, -0.2) is 73.4 Å². The van der Waals surface area contributed by atoms with Crippen molar-refractivity contribution in [3.8, 4) is 0 Å². The van der Waals surface area contributed by atoms with Gasteiger partial charge < -0.3 is 19.8 Å². The number of carbonyl (C=O) groups is 1. The van der Waals surface area contributed by atoms with Crippen LogP contribution in [0.4, 0.5) is 0 Å². The van der Waals surface area contributed by atoms with E-state index >= 15 is 0 Å². The topological polar surface area (TPSA) is 105 Å². The highest BCUT2D eigenvalue weighted by Crippen LogP contribution is 2.43. The van der Waals surface area contributed by atoms with E-state index in [0.29, 0.717) is 17.4 Å². The summed E-state index contributed by atoms with van der Waals surface area (Å²) in [5, 5.41) is 13.8. The summed E-state index contributed by atoms with van der Waals surface area (Å²) in [6.45, 7) is 4.78. The molecule has 1 amide bonds. The average molecular weight is 730 g/mol. The molecule has 0 aromatic heterocycles. The minimum absolute atomic E-state index is 0.0607. The largest absolute Gasteiger partial charge is 0.472 e. The number of nitrogens with zero attached hydrogens (tertiary/aromatic N) is 1. The zero-order valence-corrected chi connectivity index (χ0v) is 34.3. The van der Waals surface area contributed by atoms with Crippen LogP contribution in [-0.2, 0) is 18.4 Å². The SMILES string of the molecule is CCCCCC/C=C/CCCCCCCC(=O)N[C@@H](COP(=O)(O)OCC[N+](C)(C)C)[C@H](O)/C=C/CCCCCCCCCCCCCCC. The van der Waals surface area contributed by atoms with Crippen molar-refractivity contribution >= 4 is 13.7 Å². The Kier molecular flexibility index (Phi) is 33.1. The lowest BCUT2D eigenvalue weighted by molar-refractivity contribution is -0.870. The molecule has 0 aromatic carbocycles. The van der Waals surface area contributed by atoms with Gasteiger partial charge in [-0.1, -0.05) is 154 Å². The van der Waals surface area contributed by atoms with Crippen molar-refractivity contribution in [2.45, 2.75) is 193 Å². The second-order valence-corrected chi connectivity index (χ2v) is 16.8. The minimum atomic E-state index is -4.33. The summed E-state index contributed by atoms with van der Waals surface area (Å²) in [6.07, 6.45) is 38.0. The van der Waals surface area contributed by atoms with Gasteiger partial charge in [0.05, 0.1) is 39.9 Å². The zero-order valence-electron chi connectivity index (χ0n) is 33.4. The van der Waals surface area contributed by atoms with Gasteiger partial charge in [0, 0.05) is 6.42 Å². The highest BCUT2D eigenvalue weighted by atomic mass is 31.2. The molecule has 0 aliphatic carbocycles. The third kappa shape index (κ3) is 35.4. The maximum absolute atomic E-state index is 12.8. The van der Waals surface area contributed by atoms with Gasteiger partial charge in [0.25, 0.3) is 0 Å². The van der Waals surface area contributed by atoms with Gasteiger partial charge in [-0.05, 0) is 44.9 Å². The molecular formula is C41H82N2O6P+. The fourth-order valence-corrected chi connectivity index (χ4v) is 6.53. The first-order chi connectivity index (χ1) is 24.0. The number of nitrogens with one attached hydrogen (secondary N) is 1. The number of aliphatic hydroxyl groups excluding tert-OH is 1. The van der Waals surface area contributed by atoms with E-state index in [1.54, 1.807) is 6.08 Å². The maximum atomic E-state index is 12.8. The van der Waals surface area contributed by atoms with Gasteiger partial charge in [-0.2, -0.15) is 0 Å². The van der Waals surface area contributed by atoms with E-state index in [-0.39, 0.29) is 19.1 Å². The highest BCUT2D eigenvalue weighted by Gasteiger charge is 2.27. The molecule has 0 bridgehead atoms. The molecule has 296 valence electrons. The van der Waals surface area contributed by atoms with Crippen LogP contribution in [0.3, 0.4) is 0 Å². The van der Waals surface area contributed by atoms with Crippen LogP contribution >= 0.6 is 7.82 Å².